The zero-order chi connectivity index (χ0) is 23.2. The Morgan fingerprint density at radius 2 is 1.85 bits per heavy atom. The summed E-state index contributed by atoms with van der Waals surface area (Å²) in [6.07, 6.45) is 4.64. The first-order valence-electron chi connectivity index (χ1n) is 11.5. The second-order valence-electron chi connectivity index (χ2n) is 8.25. The van der Waals surface area contributed by atoms with Crippen molar-refractivity contribution in [3.8, 4) is 22.8 Å². The fourth-order valence-corrected chi connectivity index (χ4v) is 4.31. The van der Waals surface area contributed by atoms with Crippen LogP contribution in [0.1, 0.15) is 60.3 Å². The predicted molar refractivity (Wildman–Crippen MR) is 127 cm³/mol. The first kappa shape index (κ1) is 22.9. The van der Waals surface area contributed by atoms with Crippen LogP contribution in [0.15, 0.2) is 48.5 Å². The fourth-order valence-electron chi connectivity index (χ4n) is 4.31. The number of hydrogen-bond donors (Lipinski definition) is 2. The quantitative estimate of drug-likeness (QED) is 0.405. The molecular formula is C26H31N3O4. The highest BCUT2D eigenvalue weighted by Crippen LogP contribution is 2.44. The first-order valence-corrected chi connectivity index (χ1v) is 11.5. The van der Waals surface area contributed by atoms with Gasteiger partial charge in [0.25, 0.3) is 5.91 Å². The van der Waals surface area contributed by atoms with Crippen LogP contribution in [0.4, 0.5) is 0 Å². The topological polar surface area (TPSA) is 87.7 Å². The van der Waals surface area contributed by atoms with E-state index in [9.17, 15) is 9.90 Å². The van der Waals surface area contributed by atoms with Gasteiger partial charge in [0.05, 0.1) is 19.3 Å². The third-order valence-corrected chi connectivity index (χ3v) is 6.02. The van der Waals surface area contributed by atoms with Crippen LogP contribution in [-0.4, -0.2) is 53.0 Å². The highest BCUT2D eigenvalue weighted by molar-refractivity contribution is 6.00. The average Bonchev–Trinajstić information content (AvgIpc) is 3.37. The molecule has 7 nitrogen and oxygen atoms in total. The average molecular weight is 450 g/mol. The van der Waals surface area contributed by atoms with E-state index in [0.717, 1.165) is 23.3 Å². The lowest BCUT2D eigenvalue weighted by molar-refractivity contribution is 0.0677. The summed E-state index contributed by atoms with van der Waals surface area (Å²) in [4.78, 5) is 15.0. The fraction of sp³-hybridized carbons (Fsp3) is 0.385. The number of carbonyl (C=O) groups is 1. The van der Waals surface area contributed by atoms with Gasteiger partial charge < -0.3 is 19.5 Å². The Kier molecular flexibility index (Phi) is 7.29. The minimum Gasteiger partial charge on any atom is -0.507 e. The molecule has 1 aromatic heterocycles. The van der Waals surface area contributed by atoms with Crippen LogP contribution >= 0.6 is 0 Å². The van der Waals surface area contributed by atoms with Crippen molar-refractivity contribution in [1.29, 1.82) is 0 Å². The summed E-state index contributed by atoms with van der Waals surface area (Å²) < 4.78 is 11.2. The molecule has 0 aliphatic carbocycles. The molecule has 33 heavy (non-hydrogen) atoms. The molecule has 0 bridgehead atoms. The number of aromatic amines is 1. The molecular weight excluding hydrogens is 418 g/mol. The number of amides is 1. The van der Waals surface area contributed by atoms with E-state index in [1.54, 1.807) is 30.2 Å². The van der Waals surface area contributed by atoms with Gasteiger partial charge in [-0.05, 0) is 36.2 Å². The second-order valence-corrected chi connectivity index (χ2v) is 8.25. The standard InChI is InChI=1S/C26H31N3O4/c1-3-4-5-8-16-33-19-13-11-18(12-14-19)25-22-23(20-9-6-7-10-21(20)30)27-28-24(22)26(31)29(25)15-17-32-2/h6-7,9-14,25,30H,3-5,8,15-17H2,1-2H3,(H,27,28)/t25-/m1/s1. The Bertz CT molecular complexity index is 1080. The number of rotatable bonds is 11. The van der Waals surface area contributed by atoms with Gasteiger partial charge >= 0.3 is 0 Å². The van der Waals surface area contributed by atoms with E-state index in [-0.39, 0.29) is 17.7 Å². The normalized spacial score (nSPS) is 15.2. The number of phenolic OH excluding ortho intramolecular Hbond substituents is 1. The minimum atomic E-state index is -0.338. The highest BCUT2D eigenvalue weighted by Gasteiger charge is 2.42. The van der Waals surface area contributed by atoms with E-state index < -0.39 is 0 Å². The van der Waals surface area contributed by atoms with Crippen LogP contribution in [0.25, 0.3) is 11.3 Å². The number of benzene rings is 2. The van der Waals surface area contributed by atoms with Gasteiger partial charge in [-0.1, -0.05) is 50.5 Å². The summed E-state index contributed by atoms with van der Waals surface area (Å²) in [6.45, 7) is 3.76. The number of fused-ring (bicyclic) bond motifs is 1. The number of carbonyl (C=O) groups excluding carboxylic acids is 1. The number of unbranched alkanes of at least 4 members (excludes halogenated alkanes) is 3. The zero-order valence-electron chi connectivity index (χ0n) is 19.2. The van der Waals surface area contributed by atoms with E-state index >= 15 is 0 Å². The Morgan fingerprint density at radius 3 is 2.58 bits per heavy atom. The summed E-state index contributed by atoms with van der Waals surface area (Å²) in [7, 11) is 1.62. The van der Waals surface area contributed by atoms with Crippen molar-refractivity contribution < 1.29 is 19.4 Å². The molecule has 1 atom stereocenters. The van der Waals surface area contributed by atoms with Crippen LogP contribution in [0.3, 0.4) is 0 Å². The number of phenols is 1. The molecule has 0 radical (unpaired) electrons. The third kappa shape index (κ3) is 4.73. The molecule has 3 aromatic rings. The Morgan fingerprint density at radius 1 is 1.06 bits per heavy atom. The summed E-state index contributed by atoms with van der Waals surface area (Å²) in [6, 6.07) is 14.6. The van der Waals surface area contributed by atoms with Gasteiger partial charge in [0.15, 0.2) is 0 Å². The van der Waals surface area contributed by atoms with E-state index in [1.807, 2.05) is 30.3 Å². The summed E-state index contributed by atoms with van der Waals surface area (Å²) in [5.74, 6) is 0.814. The molecule has 2 N–H and O–H groups in total. The maximum absolute atomic E-state index is 13.2. The van der Waals surface area contributed by atoms with E-state index in [0.29, 0.717) is 36.7 Å². The van der Waals surface area contributed by atoms with Crippen LogP contribution in [0.5, 0.6) is 11.5 Å². The number of H-pyrrole nitrogens is 1. The van der Waals surface area contributed by atoms with Gasteiger partial charge in [-0.3, -0.25) is 9.89 Å². The maximum Gasteiger partial charge on any atom is 0.273 e. The lowest BCUT2D eigenvalue weighted by Crippen LogP contribution is -2.32. The Balaban J connectivity index is 1.64. The number of para-hydroxylation sites is 1. The lowest BCUT2D eigenvalue weighted by Gasteiger charge is -2.26. The molecule has 0 unspecified atom stereocenters. The second kappa shape index (κ2) is 10.5. The number of aromatic hydroxyl groups is 1. The molecule has 2 heterocycles. The highest BCUT2D eigenvalue weighted by atomic mass is 16.5. The van der Waals surface area contributed by atoms with Crippen molar-refractivity contribution >= 4 is 5.91 Å². The monoisotopic (exact) mass is 449 g/mol. The minimum absolute atomic E-state index is 0.125. The van der Waals surface area contributed by atoms with Crippen LogP contribution in [-0.2, 0) is 4.74 Å². The van der Waals surface area contributed by atoms with Crippen LogP contribution in [0.2, 0.25) is 0 Å². The molecule has 7 heteroatoms. The number of methoxy groups -OCH3 is 1. The van der Waals surface area contributed by atoms with E-state index in [1.165, 1.54) is 19.3 Å². The van der Waals surface area contributed by atoms with E-state index in [2.05, 4.69) is 17.1 Å². The predicted octanol–water partition coefficient (Wildman–Crippen LogP) is 4.93. The summed E-state index contributed by atoms with van der Waals surface area (Å²) >= 11 is 0. The molecule has 1 aliphatic rings. The number of aromatic nitrogens is 2. The van der Waals surface area contributed by atoms with Gasteiger partial charge in [-0.25, -0.2) is 0 Å². The molecule has 2 aromatic carbocycles. The van der Waals surface area contributed by atoms with Crippen molar-refractivity contribution in [2.45, 2.75) is 38.6 Å². The van der Waals surface area contributed by atoms with Crippen molar-refractivity contribution in [2.75, 3.05) is 26.9 Å². The van der Waals surface area contributed by atoms with Crippen LogP contribution in [0, 0.1) is 0 Å². The number of ether oxygens (including phenoxy) is 2. The van der Waals surface area contributed by atoms with Gasteiger partial charge in [-0.15, -0.1) is 0 Å². The van der Waals surface area contributed by atoms with Crippen molar-refractivity contribution in [1.82, 2.24) is 15.1 Å². The van der Waals surface area contributed by atoms with Crippen molar-refractivity contribution in [2.24, 2.45) is 0 Å². The molecule has 0 fully saturated rings. The molecule has 4 rings (SSSR count). The van der Waals surface area contributed by atoms with Gasteiger partial charge in [0, 0.05) is 24.8 Å². The molecule has 1 aliphatic heterocycles. The number of nitrogens with one attached hydrogen (secondary N) is 1. The van der Waals surface area contributed by atoms with Gasteiger partial charge in [-0.2, -0.15) is 5.10 Å². The smallest absolute Gasteiger partial charge is 0.273 e. The summed E-state index contributed by atoms with van der Waals surface area (Å²) in [5.41, 5.74) is 3.34. The zero-order valence-corrected chi connectivity index (χ0v) is 19.2. The molecule has 0 saturated carbocycles. The van der Waals surface area contributed by atoms with E-state index in [4.69, 9.17) is 9.47 Å². The molecule has 1 amide bonds. The lowest BCUT2D eigenvalue weighted by atomic mass is 9.95. The van der Waals surface area contributed by atoms with Crippen molar-refractivity contribution in [3.63, 3.8) is 0 Å². The van der Waals surface area contributed by atoms with Gasteiger partial charge in [0.2, 0.25) is 0 Å². The molecule has 174 valence electrons. The Hall–Kier alpha value is -3.32. The first-order chi connectivity index (χ1) is 16.2. The molecule has 0 spiro atoms. The third-order valence-electron chi connectivity index (χ3n) is 6.02. The maximum atomic E-state index is 13.2. The summed E-state index contributed by atoms with van der Waals surface area (Å²) in [5, 5.41) is 17.7. The number of nitrogens with zero attached hydrogens (tertiary/aromatic N) is 2. The molecule has 0 saturated heterocycles. The van der Waals surface area contributed by atoms with Crippen molar-refractivity contribution in [3.05, 3.63) is 65.4 Å². The Labute approximate surface area is 194 Å². The SMILES string of the molecule is CCCCCCOc1ccc([C@@H]2c3c(-c4ccccc4O)n[nH]c3C(=O)N2CCOC)cc1. The number of hydrogen-bond acceptors (Lipinski definition) is 5. The van der Waals surface area contributed by atoms with Crippen LogP contribution < -0.4 is 4.74 Å². The van der Waals surface area contributed by atoms with Gasteiger partial charge in [0.1, 0.15) is 22.9 Å². The largest absolute Gasteiger partial charge is 0.507 e.